The highest BCUT2D eigenvalue weighted by Gasteiger charge is 2.20. The van der Waals surface area contributed by atoms with Gasteiger partial charge in [-0.05, 0) is 24.3 Å². The predicted molar refractivity (Wildman–Crippen MR) is 104 cm³/mol. The van der Waals surface area contributed by atoms with Gasteiger partial charge in [-0.1, -0.05) is 0 Å². The Morgan fingerprint density at radius 3 is 2.46 bits per heavy atom. The fourth-order valence-corrected chi connectivity index (χ4v) is 2.82. The van der Waals surface area contributed by atoms with E-state index in [0.717, 1.165) is 0 Å². The Morgan fingerprint density at radius 1 is 1.04 bits per heavy atom. The third kappa shape index (κ3) is 4.28. The normalized spacial score (nSPS) is 12.1. The number of rotatable bonds is 6. The third-order valence-electron chi connectivity index (χ3n) is 4.20. The Bertz CT molecular complexity index is 883. The minimum atomic E-state index is -0.367. The van der Waals surface area contributed by atoms with Crippen molar-refractivity contribution in [1.82, 2.24) is 0 Å². The van der Waals surface area contributed by atoms with E-state index in [1.807, 2.05) is 0 Å². The molecule has 0 unspecified atom stereocenters. The molecule has 2 aromatic carbocycles. The number of carbonyl (C=O) groups excluding carboxylic acids is 2. The van der Waals surface area contributed by atoms with Gasteiger partial charge >= 0.3 is 0 Å². The SMILES string of the molecule is COc1ccc(NC(=O)CN(C(C)=O)c2ccc3c(c2)OCCO3)c(OC)c1. The molecule has 8 heteroatoms. The predicted octanol–water partition coefficient (Wildman–Crippen LogP) is 2.47. The standard InChI is InChI=1S/C20H22N2O6/c1-13(23)22(14-4-7-17-19(10-14)28-9-8-27-17)12-20(24)21-16-6-5-15(25-2)11-18(16)26-3/h4-7,10-11H,8-9,12H2,1-3H3,(H,21,24). The zero-order chi connectivity index (χ0) is 20.1. The summed E-state index contributed by atoms with van der Waals surface area (Å²) in [5.41, 5.74) is 1.03. The van der Waals surface area contributed by atoms with Crippen molar-refractivity contribution in [3.63, 3.8) is 0 Å². The van der Waals surface area contributed by atoms with E-state index in [9.17, 15) is 9.59 Å². The number of nitrogens with one attached hydrogen (secondary N) is 1. The van der Waals surface area contributed by atoms with Crippen molar-refractivity contribution in [3.8, 4) is 23.0 Å². The molecule has 0 spiro atoms. The number of anilines is 2. The van der Waals surface area contributed by atoms with E-state index in [-0.39, 0.29) is 18.4 Å². The summed E-state index contributed by atoms with van der Waals surface area (Å²) in [4.78, 5) is 26.1. The summed E-state index contributed by atoms with van der Waals surface area (Å²) < 4.78 is 21.5. The number of hydrogen-bond acceptors (Lipinski definition) is 6. The molecule has 0 aliphatic carbocycles. The summed E-state index contributed by atoms with van der Waals surface area (Å²) in [6.07, 6.45) is 0. The Labute approximate surface area is 162 Å². The topological polar surface area (TPSA) is 86.3 Å². The molecule has 0 radical (unpaired) electrons. The molecule has 148 valence electrons. The maximum absolute atomic E-state index is 12.6. The van der Waals surface area contributed by atoms with E-state index in [1.165, 1.54) is 18.9 Å². The molecule has 1 N–H and O–H groups in total. The van der Waals surface area contributed by atoms with Crippen LogP contribution in [-0.2, 0) is 9.59 Å². The molecule has 0 fully saturated rings. The maximum Gasteiger partial charge on any atom is 0.244 e. The molecule has 0 aromatic heterocycles. The van der Waals surface area contributed by atoms with E-state index in [0.29, 0.717) is 47.6 Å². The molecule has 8 nitrogen and oxygen atoms in total. The molecule has 3 rings (SSSR count). The second kappa shape index (κ2) is 8.51. The average Bonchev–Trinajstić information content (AvgIpc) is 2.71. The average molecular weight is 386 g/mol. The molecule has 1 aliphatic heterocycles. The molecule has 1 heterocycles. The van der Waals surface area contributed by atoms with Gasteiger partial charge in [0.1, 0.15) is 31.3 Å². The first-order chi connectivity index (χ1) is 13.5. The van der Waals surface area contributed by atoms with Crippen LogP contribution in [0.15, 0.2) is 36.4 Å². The lowest BCUT2D eigenvalue weighted by Gasteiger charge is -2.24. The van der Waals surface area contributed by atoms with Crippen molar-refractivity contribution in [2.24, 2.45) is 0 Å². The number of ether oxygens (including phenoxy) is 4. The largest absolute Gasteiger partial charge is 0.497 e. The van der Waals surface area contributed by atoms with E-state index in [4.69, 9.17) is 18.9 Å². The van der Waals surface area contributed by atoms with Gasteiger partial charge in [-0.25, -0.2) is 0 Å². The van der Waals surface area contributed by atoms with Crippen LogP contribution in [0.25, 0.3) is 0 Å². The monoisotopic (exact) mass is 386 g/mol. The molecule has 0 bridgehead atoms. The number of benzene rings is 2. The van der Waals surface area contributed by atoms with Gasteiger partial charge in [0.15, 0.2) is 11.5 Å². The van der Waals surface area contributed by atoms with Crippen LogP contribution in [0.2, 0.25) is 0 Å². The van der Waals surface area contributed by atoms with E-state index >= 15 is 0 Å². The Kier molecular flexibility index (Phi) is 5.88. The van der Waals surface area contributed by atoms with Crippen molar-refractivity contribution < 1.29 is 28.5 Å². The highest BCUT2D eigenvalue weighted by molar-refractivity contribution is 6.02. The number of amides is 2. The van der Waals surface area contributed by atoms with Gasteiger partial charge in [0, 0.05) is 24.7 Å². The van der Waals surface area contributed by atoms with Crippen molar-refractivity contribution in [2.75, 3.05) is 44.2 Å². The van der Waals surface area contributed by atoms with Gasteiger partial charge in [0.05, 0.1) is 19.9 Å². The van der Waals surface area contributed by atoms with Crippen LogP contribution in [0.1, 0.15) is 6.92 Å². The van der Waals surface area contributed by atoms with E-state index in [2.05, 4.69) is 5.32 Å². The zero-order valence-corrected chi connectivity index (χ0v) is 16.0. The van der Waals surface area contributed by atoms with E-state index < -0.39 is 0 Å². The van der Waals surface area contributed by atoms with Crippen LogP contribution in [0.5, 0.6) is 23.0 Å². The van der Waals surface area contributed by atoms with E-state index in [1.54, 1.807) is 43.5 Å². The summed E-state index contributed by atoms with van der Waals surface area (Å²) in [7, 11) is 3.05. The number of carbonyl (C=O) groups is 2. The van der Waals surface area contributed by atoms with Gasteiger partial charge in [-0.2, -0.15) is 0 Å². The first-order valence-electron chi connectivity index (χ1n) is 8.71. The van der Waals surface area contributed by atoms with Crippen LogP contribution in [-0.4, -0.2) is 45.8 Å². The molecule has 1 aliphatic rings. The molecular formula is C20H22N2O6. The fraction of sp³-hybridized carbons (Fsp3) is 0.300. The first kappa shape index (κ1) is 19.3. The molecule has 0 saturated carbocycles. The van der Waals surface area contributed by atoms with Crippen molar-refractivity contribution in [1.29, 1.82) is 0 Å². The molecular weight excluding hydrogens is 364 g/mol. The summed E-state index contributed by atoms with van der Waals surface area (Å²) in [6, 6.07) is 10.2. The number of fused-ring (bicyclic) bond motifs is 1. The highest BCUT2D eigenvalue weighted by Crippen LogP contribution is 2.34. The quantitative estimate of drug-likeness (QED) is 0.821. The Morgan fingerprint density at radius 2 is 1.79 bits per heavy atom. The smallest absolute Gasteiger partial charge is 0.244 e. The lowest BCUT2D eigenvalue weighted by molar-refractivity contribution is -0.120. The zero-order valence-electron chi connectivity index (χ0n) is 16.0. The summed E-state index contributed by atoms with van der Waals surface area (Å²) >= 11 is 0. The lowest BCUT2D eigenvalue weighted by Crippen LogP contribution is -2.36. The lowest BCUT2D eigenvalue weighted by atomic mass is 10.2. The first-order valence-corrected chi connectivity index (χ1v) is 8.71. The van der Waals surface area contributed by atoms with Gasteiger partial charge in [0.2, 0.25) is 11.8 Å². The second-order valence-corrected chi connectivity index (χ2v) is 6.05. The molecule has 2 aromatic rings. The molecule has 2 amide bonds. The number of hydrogen-bond donors (Lipinski definition) is 1. The van der Waals surface area contributed by atoms with Crippen molar-refractivity contribution >= 4 is 23.2 Å². The minimum absolute atomic E-state index is 0.163. The van der Waals surface area contributed by atoms with Gasteiger partial charge in [0.25, 0.3) is 0 Å². The number of methoxy groups -OCH3 is 2. The molecule has 28 heavy (non-hydrogen) atoms. The highest BCUT2D eigenvalue weighted by atomic mass is 16.6. The van der Waals surface area contributed by atoms with Gasteiger partial charge < -0.3 is 29.2 Å². The molecule has 0 saturated heterocycles. The second-order valence-electron chi connectivity index (χ2n) is 6.05. The van der Waals surface area contributed by atoms with Gasteiger partial charge in [-0.15, -0.1) is 0 Å². The van der Waals surface area contributed by atoms with Crippen LogP contribution in [0.4, 0.5) is 11.4 Å². The fourth-order valence-electron chi connectivity index (χ4n) is 2.82. The summed E-state index contributed by atoms with van der Waals surface area (Å²) in [6.45, 7) is 2.16. The van der Waals surface area contributed by atoms with Crippen LogP contribution >= 0.6 is 0 Å². The van der Waals surface area contributed by atoms with Crippen LogP contribution < -0.4 is 29.2 Å². The molecule has 0 atom stereocenters. The van der Waals surface area contributed by atoms with Gasteiger partial charge in [-0.3, -0.25) is 9.59 Å². The van der Waals surface area contributed by atoms with Crippen molar-refractivity contribution in [2.45, 2.75) is 6.92 Å². The minimum Gasteiger partial charge on any atom is -0.497 e. The third-order valence-corrected chi connectivity index (χ3v) is 4.20. The van der Waals surface area contributed by atoms with Crippen LogP contribution in [0, 0.1) is 0 Å². The van der Waals surface area contributed by atoms with Crippen molar-refractivity contribution in [3.05, 3.63) is 36.4 Å². The number of nitrogens with zero attached hydrogens (tertiary/aromatic N) is 1. The van der Waals surface area contributed by atoms with Crippen LogP contribution in [0.3, 0.4) is 0 Å². The summed E-state index contributed by atoms with van der Waals surface area (Å²) in [5, 5.41) is 2.76. The maximum atomic E-state index is 12.6. The summed E-state index contributed by atoms with van der Waals surface area (Å²) in [5.74, 6) is 1.60. The Hall–Kier alpha value is -3.42. The Balaban J connectivity index is 1.76.